The average molecular weight is 395 g/mol. The Kier molecular flexibility index (Phi) is 4.95. The Labute approximate surface area is 167 Å². The fourth-order valence-corrected chi connectivity index (χ4v) is 4.00. The van der Waals surface area contributed by atoms with Gasteiger partial charge in [0.25, 0.3) is 0 Å². The predicted octanol–water partition coefficient (Wildman–Crippen LogP) is 3.92. The standard InChI is InChI=1S/C20H21N5O2S/c1-11-8-12(2)22-19(21-11)25-20-24-17(10-28-20)14-4-5-18-15(9-14)16(6-7-27-18)23-13(3)26/h4-5,8-10,16H,6-7H2,1-3H3,(H,23,26)(H,21,22,24,25). The van der Waals surface area contributed by atoms with Gasteiger partial charge in [0.1, 0.15) is 5.75 Å². The molecule has 1 aromatic carbocycles. The number of aryl methyl sites for hydroxylation is 2. The average Bonchev–Trinajstić information content (AvgIpc) is 3.09. The van der Waals surface area contributed by atoms with Crippen molar-refractivity contribution in [2.45, 2.75) is 33.2 Å². The molecule has 0 radical (unpaired) electrons. The van der Waals surface area contributed by atoms with E-state index >= 15 is 0 Å². The summed E-state index contributed by atoms with van der Waals surface area (Å²) in [5.41, 5.74) is 4.63. The highest BCUT2D eigenvalue weighted by atomic mass is 32.1. The van der Waals surface area contributed by atoms with Crippen molar-refractivity contribution in [1.29, 1.82) is 0 Å². The topological polar surface area (TPSA) is 89.0 Å². The van der Waals surface area contributed by atoms with Crippen LogP contribution in [0.5, 0.6) is 5.75 Å². The highest BCUT2D eigenvalue weighted by Crippen LogP contribution is 2.36. The third kappa shape index (κ3) is 3.96. The summed E-state index contributed by atoms with van der Waals surface area (Å²) in [5, 5.41) is 8.89. The molecule has 8 heteroatoms. The minimum atomic E-state index is -0.0446. The highest BCUT2D eigenvalue weighted by Gasteiger charge is 2.23. The number of hydrogen-bond acceptors (Lipinski definition) is 7. The molecule has 0 saturated carbocycles. The molecule has 0 aliphatic carbocycles. The molecule has 1 aliphatic heterocycles. The van der Waals surface area contributed by atoms with E-state index in [0.717, 1.165) is 45.5 Å². The van der Waals surface area contributed by atoms with Gasteiger partial charge in [0.05, 0.1) is 18.3 Å². The molecule has 1 amide bonds. The van der Waals surface area contributed by atoms with Gasteiger partial charge in [-0.15, -0.1) is 11.3 Å². The zero-order chi connectivity index (χ0) is 19.7. The number of ether oxygens (including phenoxy) is 1. The largest absolute Gasteiger partial charge is 0.493 e. The van der Waals surface area contributed by atoms with Crippen molar-refractivity contribution in [3.8, 4) is 17.0 Å². The van der Waals surface area contributed by atoms with Gasteiger partial charge in [-0.25, -0.2) is 15.0 Å². The Morgan fingerprint density at radius 3 is 2.71 bits per heavy atom. The molecule has 2 N–H and O–H groups in total. The Morgan fingerprint density at radius 2 is 1.96 bits per heavy atom. The van der Waals surface area contributed by atoms with E-state index in [1.54, 1.807) is 0 Å². The van der Waals surface area contributed by atoms with Crippen LogP contribution in [0.1, 0.15) is 36.3 Å². The summed E-state index contributed by atoms with van der Waals surface area (Å²) in [4.78, 5) is 25.0. The van der Waals surface area contributed by atoms with Crippen molar-refractivity contribution >= 4 is 28.3 Å². The number of carbonyl (C=O) groups is 1. The summed E-state index contributed by atoms with van der Waals surface area (Å²) in [6.07, 6.45) is 0.754. The Bertz CT molecular complexity index is 1010. The fourth-order valence-electron chi connectivity index (χ4n) is 3.29. The lowest BCUT2D eigenvalue weighted by atomic mass is 9.97. The van der Waals surface area contributed by atoms with Crippen LogP contribution in [0.4, 0.5) is 11.1 Å². The van der Waals surface area contributed by atoms with E-state index in [1.807, 2.05) is 43.5 Å². The van der Waals surface area contributed by atoms with Gasteiger partial charge in [0.2, 0.25) is 11.9 Å². The fraction of sp³-hybridized carbons (Fsp3) is 0.300. The summed E-state index contributed by atoms with van der Waals surface area (Å²) in [5.74, 6) is 1.31. The van der Waals surface area contributed by atoms with Crippen LogP contribution in [0, 0.1) is 13.8 Å². The van der Waals surface area contributed by atoms with Crippen molar-refractivity contribution in [3.63, 3.8) is 0 Å². The number of thiazole rings is 1. The van der Waals surface area contributed by atoms with Crippen molar-refractivity contribution in [2.24, 2.45) is 0 Å². The molecule has 28 heavy (non-hydrogen) atoms. The minimum absolute atomic E-state index is 0.0406. The summed E-state index contributed by atoms with van der Waals surface area (Å²) in [7, 11) is 0. The third-order valence-electron chi connectivity index (χ3n) is 4.43. The van der Waals surface area contributed by atoms with Crippen LogP contribution in [0.15, 0.2) is 29.6 Å². The number of benzene rings is 1. The third-order valence-corrected chi connectivity index (χ3v) is 5.19. The van der Waals surface area contributed by atoms with Gasteiger partial charge >= 0.3 is 0 Å². The first-order valence-electron chi connectivity index (χ1n) is 9.07. The minimum Gasteiger partial charge on any atom is -0.493 e. The normalized spacial score (nSPS) is 15.5. The number of fused-ring (bicyclic) bond motifs is 1. The Hall–Kier alpha value is -3.00. The van der Waals surface area contributed by atoms with E-state index in [-0.39, 0.29) is 11.9 Å². The number of hydrogen-bond donors (Lipinski definition) is 2. The number of rotatable bonds is 4. The van der Waals surface area contributed by atoms with E-state index in [2.05, 4.69) is 25.6 Å². The van der Waals surface area contributed by atoms with Crippen LogP contribution in [0.25, 0.3) is 11.3 Å². The number of nitrogens with one attached hydrogen (secondary N) is 2. The van der Waals surface area contributed by atoms with Crippen LogP contribution in [0.3, 0.4) is 0 Å². The maximum absolute atomic E-state index is 11.5. The summed E-state index contributed by atoms with van der Waals surface area (Å²) in [6.45, 7) is 6.01. The first-order valence-corrected chi connectivity index (χ1v) is 9.95. The molecule has 3 aromatic rings. The maximum Gasteiger partial charge on any atom is 0.229 e. The van der Waals surface area contributed by atoms with Crippen molar-refractivity contribution < 1.29 is 9.53 Å². The molecule has 0 fully saturated rings. The molecule has 3 heterocycles. The first-order chi connectivity index (χ1) is 13.5. The number of carbonyl (C=O) groups excluding carboxylic acids is 1. The lowest BCUT2D eigenvalue weighted by Gasteiger charge is -2.26. The molecule has 0 spiro atoms. The molecule has 0 saturated heterocycles. The van der Waals surface area contributed by atoms with Crippen molar-refractivity contribution in [1.82, 2.24) is 20.3 Å². The molecule has 1 unspecified atom stereocenters. The van der Waals surface area contributed by atoms with Crippen LogP contribution < -0.4 is 15.4 Å². The van der Waals surface area contributed by atoms with Gasteiger partial charge in [-0.1, -0.05) is 0 Å². The zero-order valence-corrected chi connectivity index (χ0v) is 16.8. The van der Waals surface area contributed by atoms with E-state index in [1.165, 1.54) is 18.3 Å². The van der Waals surface area contributed by atoms with E-state index in [0.29, 0.717) is 12.6 Å². The summed E-state index contributed by atoms with van der Waals surface area (Å²) < 4.78 is 5.73. The quantitative estimate of drug-likeness (QED) is 0.696. The molecule has 7 nitrogen and oxygen atoms in total. The van der Waals surface area contributed by atoms with Gasteiger partial charge in [0.15, 0.2) is 5.13 Å². The van der Waals surface area contributed by atoms with Gasteiger partial charge in [0, 0.05) is 41.2 Å². The lowest BCUT2D eigenvalue weighted by Crippen LogP contribution is -2.30. The SMILES string of the molecule is CC(=O)NC1CCOc2ccc(-c3csc(Nc4nc(C)cc(C)n4)n3)cc21. The Morgan fingerprint density at radius 1 is 1.18 bits per heavy atom. The van der Waals surface area contributed by atoms with E-state index in [4.69, 9.17) is 4.74 Å². The molecule has 4 rings (SSSR count). The number of amides is 1. The summed E-state index contributed by atoms with van der Waals surface area (Å²) >= 11 is 1.50. The van der Waals surface area contributed by atoms with E-state index < -0.39 is 0 Å². The van der Waals surface area contributed by atoms with Crippen molar-refractivity contribution in [3.05, 3.63) is 46.6 Å². The van der Waals surface area contributed by atoms with Gasteiger partial charge < -0.3 is 15.4 Å². The first kappa shape index (κ1) is 18.4. The molecule has 1 atom stereocenters. The van der Waals surface area contributed by atoms with Crippen LogP contribution in [-0.4, -0.2) is 27.5 Å². The van der Waals surface area contributed by atoms with Gasteiger partial charge in [-0.05, 0) is 38.1 Å². The second kappa shape index (κ2) is 7.55. The second-order valence-electron chi connectivity index (χ2n) is 6.78. The predicted molar refractivity (Wildman–Crippen MR) is 109 cm³/mol. The van der Waals surface area contributed by atoms with Crippen LogP contribution in [-0.2, 0) is 4.79 Å². The van der Waals surface area contributed by atoms with Gasteiger partial charge in [-0.2, -0.15) is 0 Å². The molecule has 144 valence electrons. The molecular formula is C20H21N5O2S. The van der Waals surface area contributed by atoms with E-state index in [9.17, 15) is 4.79 Å². The smallest absolute Gasteiger partial charge is 0.229 e. The number of anilines is 2. The van der Waals surface area contributed by atoms with Crippen LogP contribution >= 0.6 is 11.3 Å². The molecular weight excluding hydrogens is 374 g/mol. The summed E-state index contributed by atoms with van der Waals surface area (Å²) in [6, 6.07) is 7.86. The highest BCUT2D eigenvalue weighted by molar-refractivity contribution is 7.14. The number of nitrogens with zero attached hydrogens (tertiary/aromatic N) is 3. The molecule has 2 aromatic heterocycles. The molecule has 1 aliphatic rings. The maximum atomic E-state index is 11.5. The Balaban J connectivity index is 1.59. The second-order valence-corrected chi connectivity index (χ2v) is 7.64. The van der Waals surface area contributed by atoms with Gasteiger partial charge in [-0.3, -0.25) is 4.79 Å². The molecule has 0 bridgehead atoms. The van der Waals surface area contributed by atoms with Crippen LogP contribution in [0.2, 0.25) is 0 Å². The zero-order valence-electron chi connectivity index (χ0n) is 15.9. The lowest BCUT2D eigenvalue weighted by molar-refractivity contribution is -0.119. The van der Waals surface area contributed by atoms with Crippen molar-refractivity contribution in [2.75, 3.05) is 11.9 Å². The number of aromatic nitrogens is 3. The monoisotopic (exact) mass is 395 g/mol.